The number of ether oxygens (including phenoxy) is 1. The first-order valence-corrected chi connectivity index (χ1v) is 11.5. The summed E-state index contributed by atoms with van der Waals surface area (Å²) in [7, 11) is 0. The number of aliphatic hydroxyl groups excluding tert-OH is 2. The molecule has 0 amide bonds. The summed E-state index contributed by atoms with van der Waals surface area (Å²) in [5, 5.41) is 22.2. The van der Waals surface area contributed by atoms with E-state index in [1.54, 1.807) is 0 Å². The van der Waals surface area contributed by atoms with Gasteiger partial charge in [-0.3, -0.25) is 0 Å². The Kier molecular flexibility index (Phi) is 5.30. The van der Waals surface area contributed by atoms with E-state index < -0.39 is 12.2 Å². The minimum absolute atomic E-state index is 0.332. The fourth-order valence-electron chi connectivity index (χ4n) is 5.35. The Labute approximate surface area is 183 Å². The number of benzene rings is 2. The molecule has 0 unspecified atom stereocenters. The monoisotopic (exact) mass is 427 g/mol. The smallest absolute Gasteiger partial charge is 0.126 e. The minimum Gasteiger partial charge on any atom is -0.487 e. The standard InChI is InChI=1S/C25H30ClNO3/c1-16-11-24-20(13-21(16)26)22(28)14-25(30-24)7-9-27(10-8-25)15-23(29)19-6-5-17-3-2-4-18(17)12-19/h5-6,11-13,22-23,28-29H,2-4,7-10,14-15H2,1H3/t22-,23+/m1/s1. The van der Waals surface area contributed by atoms with E-state index in [2.05, 4.69) is 23.1 Å². The van der Waals surface area contributed by atoms with Crippen molar-refractivity contribution < 1.29 is 14.9 Å². The molecular weight excluding hydrogens is 398 g/mol. The van der Waals surface area contributed by atoms with Crippen LogP contribution in [0, 0.1) is 6.92 Å². The number of fused-ring (bicyclic) bond motifs is 2. The van der Waals surface area contributed by atoms with Crippen molar-refractivity contribution >= 4 is 11.6 Å². The van der Waals surface area contributed by atoms with Crippen molar-refractivity contribution in [1.29, 1.82) is 0 Å². The lowest BCUT2D eigenvalue weighted by atomic mass is 9.81. The summed E-state index contributed by atoms with van der Waals surface area (Å²) in [6.07, 6.45) is 4.81. The number of nitrogens with zero attached hydrogens (tertiary/aromatic N) is 1. The number of halogens is 1. The van der Waals surface area contributed by atoms with Gasteiger partial charge in [0.25, 0.3) is 0 Å². The van der Waals surface area contributed by atoms with Crippen LogP contribution in [-0.2, 0) is 12.8 Å². The van der Waals surface area contributed by atoms with E-state index in [9.17, 15) is 10.2 Å². The molecule has 2 aromatic carbocycles. The molecule has 2 N–H and O–H groups in total. The topological polar surface area (TPSA) is 52.9 Å². The zero-order valence-corrected chi connectivity index (χ0v) is 18.3. The van der Waals surface area contributed by atoms with E-state index in [0.29, 0.717) is 18.0 Å². The van der Waals surface area contributed by atoms with Gasteiger partial charge in [0.15, 0.2) is 0 Å². The number of hydrogen-bond donors (Lipinski definition) is 2. The van der Waals surface area contributed by atoms with Crippen LogP contribution < -0.4 is 4.74 Å². The lowest BCUT2D eigenvalue weighted by molar-refractivity contribution is -0.0588. The van der Waals surface area contributed by atoms with Crippen LogP contribution in [0.2, 0.25) is 5.02 Å². The molecule has 0 bridgehead atoms. The van der Waals surface area contributed by atoms with Gasteiger partial charge in [-0.05, 0) is 73.4 Å². The zero-order chi connectivity index (χ0) is 20.9. The fraction of sp³-hybridized carbons (Fsp3) is 0.520. The number of β-amino-alcohol motifs (C(OH)–C–C–N with tert-alkyl or cyclic N) is 1. The van der Waals surface area contributed by atoms with E-state index in [1.807, 2.05) is 19.1 Å². The highest BCUT2D eigenvalue weighted by molar-refractivity contribution is 6.31. The normalized spacial score (nSPS) is 23.7. The van der Waals surface area contributed by atoms with Gasteiger partial charge in [-0.2, -0.15) is 0 Å². The molecule has 1 aliphatic carbocycles. The maximum Gasteiger partial charge on any atom is 0.126 e. The van der Waals surface area contributed by atoms with Crippen molar-refractivity contribution in [3.63, 3.8) is 0 Å². The molecule has 2 aliphatic heterocycles. The Morgan fingerprint density at radius 3 is 2.73 bits per heavy atom. The van der Waals surface area contributed by atoms with E-state index in [1.165, 1.54) is 24.0 Å². The van der Waals surface area contributed by atoms with Gasteiger partial charge >= 0.3 is 0 Å². The highest BCUT2D eigenvalue weighted by atomic mass is 35.5. The largest absolute Gasteiger partial charge is 0.487 e. The van der Waals surface area contributed by atoms with Gasteiger partial charge < -0.3 is 19.8 Å². The maximum atomic E-state index is 10.8. The first-order valence-electron chi connectivity index (χ1n) is 11.1. The van der Waals surface area contributed by atoms with Gasteiger partial charge in [0.1, 0.15) is 11.4 Å². The zero-order valence-electron chi connectivity index (χ0n) is 17.5. The number of rotatable bonds is 3. The molecule has 4 nitrogen and oxygen atoms in total. The van der Waals surface area contributed by atoms with E-state index in [4.69, 9.17) is 16.3 Å². The number of likely N-dealkylation sites (tertiary alicyclic amines) is 1. The van der Waals surface area contributed by atoms with Crippen LogP contribution in [-0.4, -0.2) is 40.3 Å². The number of aryl methyl sites for hydroxylation is 3. The number of hydrogen-bond acceptors (Lipinski definition) is 4. The average molecular weight is 428 g/mol. The molecule has 160 valence electrons. The van der Waals surface area contributed by atoms with Crippen molar-refractivity contribution in [2.24, 2.45) is 0 Å². The van der Waals surface area contributed by atoms with Crippen LogP contribution in [0.5, 0.6) is 5.75 Å². The molecule has 1 saturated heterocycles. The molecule has 0 saturated carbocycles. The first kappa shape index (κ1) is 20.3. The molecule has 0 radical (unpaired) electrons. The molecular formula is C25H30ClNO3. The van der Waals surface area contributed by atoms with Crippen molar-refractivity contribution in [3.8, 4) is 5.75 Å². The van der Waals surface area contributed by atoms with Crippen molar-refractivity contribution in [2.75, 3.05) is 19.6 Å². The maximum absolute atomic E-state index is 10.8. The Balaban J connectivity index is 1.23. The van der Waals surface area contributed by atoms with Gasteiger partial charge in [0, 0.05) is 36.6 Å². The van der Waals surface area contributed by atoms with Crippen molar-refractivity contribution in [3.05, 3.63) is 63.2 Å². The summed E-state index contributed by atoms with van der Waals surface area (Å²) in [6.45, 7) is 4.32. The second-order valence-electron chi connectivity index (χ2n) is 9.34. The lowest BCUT2D eigenvalue weighted by Gasteiger charge is -2.46. The molecule has 5 rings (SSSR count). The molecule has 2 heterocycles. The van der Waals surface area contributed by atoms with E-state index in [0.717, 1.165) is 54.8 Å². The molecule has 2 atom stereocenters. The summed E-state index contributed by atoms with van der Waals surface area (Å²) < 4.78 is 6.45. The Hall–Kier alpha value is -1.59. The van der Waals surface area contributed by atoms with Gasteiger partial charge in [-0.25, -0.2) is 0 Å². The SMILES string of the molecule is Cc1cc2c(cc1Cl)[C@H](O)CC1(CCN(C[C@H](O)c3ccc4c(c3)CCC4)CC1)O2. The molecule has 5 heteroatoms. The highest BCUT2D eigenvalue weighted by Crippen LogP contribution is 2.45. The molecule has 30 heavy (non-hydrogen) atoms. The molecule has 2 aromatic rings. The van der Waals surface area contributed by atoms with Gasteiger partial charge in [0.2, 0.25) is 0 Å². The minimum atomic E-state index is -0.546. The Morgan fingerprint density at radius 1 is 1.17 bits per heavy atom. The molecule has 1 spiro atoms. The Morgan fingerprint density at radius 2 is 1.93 bits per heavy atom. The van der Waals surface area contributed by atoms with Crippen molar-refractivity contribution in [2.45, 2.75) is 63.3 Å². The molecule has 1 fully saturated rings. The van der Waals surface area contributed by atoms with E-state index in [-0.39, 0.29) is 5.60 Å². The summed E-state index contributed by atoms with van der Waals surface area (Å²) in [5.41, 5.74) is 5.31. The quantitative estimate of drug-likeness (QED) is 0.756. The van der Waals surface area contributed by atoms with Crippen molar-refractivity contribution in [1.82, 2.24) is 4.90 Å². The van der Waals surface area contributed by atoms with Crippen LogP contribution in [0.25, 0.3) is 0 Å². The fourth-order valence-corrected chi connectivity index (χ4v) is 5.53. The third-order valence-electron chi connectivity index (χ3n) is 7.25. The second kappa shape index (κ2) is 7.83. The van der Waals surface area contributed by atoms with Gasteiger partial charge in [-0.15, -0.1) is 0 Å². The van der Waals surface area contributed by atoms with Crippen LogP contribution in [0.1, 0.15) is 65.7 Å². The van der Waals surface area contributed by atoms with Crippen LogP contribution in [0.3, 0.4) is 0 Å². The molecule has 3 aliphatic rings. The summed E-state index contributed by atoms with van der Waals surface area (Å²) in [5.74, 6) is 0.766. The highest BCUT2D eigenvalue weighted by Gasteiger charge is 2.43. The summed E-state index contributed by atoms with van der Waals surface area (Å²) >= 11 is 6.24. The summed E-state index contributed by atoms with van der Waals surface area (Å²) in [4.78, 5) is 2.32. The van der Waals surface area contributed by atoms with Crippen LogP contribution in [0.4, 0.5) is 0 Å². The second-order valence-corrected chi connectivity index (χ2v) is 9.75. The van der Waals surface area contributed by atoms with Gasteiger partial charge in [0.05, 0.1) is 12.2 Å². The lowest BCUT2D eigenvalue weighted by Crippen LogP contribution is -2.51. The predicted molar refractivity (Wildman–Crippen MR) is 118 cm³/mol. The third kappa shape index (κ3) is 3.75. The Bertz CT molecular complexity index is 952. The van der Waals surface area contributed by atoms with Crippen LogP contribution >= 0.6 is 11.6 Å². The number of aliphatic hydroxyl groups is 2. The number of piperidine rings is 1. The average Bonchev–Trinajstić information content (AvgIpc) is 3.19. The summed E-state index contributed by atoms with van der Waals surface area (Å²) in [6, 6.07) is 10.3. The third-order valence-corrected chi connectivity index (χ3v) is 7.65. The molecule has 0 aromatic heterocycles. The van der Waals surface area contributed by atoms with Gasteiger partial charge in [-0.1, -0.05) is 29.8 Å². The first-order chi connectivity index (χ1) is 14.4. The van der Waals surface area contributed by atoms with Crippen LogP contribution in [0.15, 0.2) is 30.3 Å². The predicted octanol–water partition coefficient (Wildman–Crippen LogP) is 4.52. The van der Waals surface area contributed by atoms with E-state index >= 15 is 0 Å².